The van der Waals surface area contributed by atoms with E-state index in [1.165, 1.54) is 6.07 Å². The zero-order valence-corrected chi connectivity index (χ0v) is 21.8. The number of nitrogens with one attached hydrogen (secondary N) is 2. The number of likely N-dealkylation sites (tertiary alicyclic amines) is 1. The van der Waals surface area contributed by atoms with Gasteiger partial charge in [-0.3, -0.25) is 4.79 Å². The summed E-state index contributed by atoms with van der Waals surface area (Å²) in [5, 5.41) is 0.812. The number of hydrogen-bond donors (Lipinski definition) is 2. The van der Waals surface area contributed by atoms with Crippen molar-refractivity contribution in [1.82, 2.24) is 19.5 Å². The Morgan fingerprint density at radius 3 is 2.03 bits per heavy atom. The molecule has 0 saturated carbocycles. The first-order valence-electron chi connectivity index (χ1n) is 11.3. The molecule has 1 aliphatic rings. The molecule has 1 aliphatic heterocycles. The maximum atomic E-state index is 13.5. The fraction of sp³-hybridized carbons (Fsp3) is 0.435. The highest BCUT2D eigenvalue weighted by molar-refractivity contribution is 7.89. The second-order valence-electron chi connectivity index (χ2n) is 8.81. The van der Waals surface area contributed by atoms with Crippen LogP contribution in [0.25, 0.3) is 0 Å². The van der Waals surface area contributed by atoms with Gasteiger partial charge in [-0.05, 0) is 43.1 Å². The Bertz CT molecular complexity index is 1180. The van der Waals surface area contributed by atoms with Crippen LogP contribution in [0.2, 0.25) is 0 Å². The summed E-state index contributed by atoms with van der Waals surface area (Å²) in [6.45, 7) is 2.71. The average Bonchev–Trinajstić information content (AvgIpc) is 3.29. The van der Waals surface area contributed by atoms with E-state index in [1.54, 1.807) is 30.1 Å². The zero-order valence-electron chi connectivity index (χ0n) is 20.2. The van der Waals surface area contributed by atoms with Crippen LogP contribution >= 0.6 is 0 Å². The summed E-state index contributed by atoms with van der Waals surface area (Å²) in [5.41, 5.74) is 1.70. The van der Waals surface area contributed by atoms with E-state index in [4.69, 9.17) is 0 Å². The van der Waals surface area contributed by atoms with Crippen LogP contribution in [-0.4, -0.2) is 71.7 Å². The van der Waals surface area contributed by atoms with Gasteiger partial charge in [-0.25, -0.2) is 22.0 Å². The van der Waals surface area contributed by atoms with Crippen LogP contribution in [0.5, 0.6) is 0 Å². The fourth-order valence-electron chi connectivity index (χ4n) is 4.12. The molecule has 2 aromatic carbocycles. The topological polar surface area (TPSA) is 119 Å². The Labute approximate surface area is 207 Å². The molecule has 1 saturated heterocycles. The second kappa shape index (κ2) is 11.5. The number of hydrogen-bond acceptors (Lipinski definition) is 7. The molecule has 12 heteroatoms. The van der Waals surface area contributed by atoms with Gasteiger partial charge in [-0.15, -0.1) is 9.66 Å². The molecule has 0 aliphatic carbocycles. The molecule has 1 atom stereocenters. The minimum atomic E-state index is -3.82. The molecule has 2 aromatic rings. The van der Waals surface area contributed by atoms with Crippen molar-refractivity contribution in [3.63, 3.8) is 0 Å². The van der Waals surface area contributed by atoms with Gasteiger partial charge in [0.25, 0.3) is 0 Å². The first-order chi connectivity index (χ1) is 16.4. The lowest BCUT2D eigenvalue weighted by Gasteiger charge is -2.32. The number of rotatable bonds is 11. The lowest BCUT2D eigenvalue weighted by molar-refractivity contribution is -0.131. The van der Waals surface area contributed by atoms with Crippen molar-refractivity contribution in [2.24, 2.45) is 0 Å². The van der Waals surface area contributed by atoms with E-state index in [0.29, 0.717) is 12.1 Å². The molecule has 10 nitrogen and oxygen atoms in total. The first-order valence-corrected chi connectivity index (χ1v) is 15.1. The van der Waals surface area contributed by atoms with Gasteiger partial charge in [0.1, 0.15) is 0 Å². The summed E-state index contributed by atoms with van der Waals surface area (Å²) in [5.74, 6) is -0.177. The highest BCUT2D eigenvalue weighted by Gasteiger charge is 2.27. The number of nitrogens with zero attached hydrogens (tertiary/aromatic N) is 3. The number of para-hydroxylation sites is 1. The maximum Gasteiger partial charge on any atom is 0.227 e. The van der Waals surface area contributed by atoms with Crippen molar-refractivity contribution in [2.45, 2.75) is 25.3 Å². The predicted molar refractivity (Wildman–Crippen MR) is 136 cm³/mol. The molecular formula is C23H33N5O5S2. The molecule has 0 spiro atoms. The standard InChI is InChI=1S/C23H33N5O5S2/c1-26(22(18-27-15-9-10-16-27)19-11-5-4-6-12-19)23(29)17-20-13-7-8-14-21(20)28(24-34(2,30)31)25-35(3,32)33/h4-8,11-14,22,24-25H,9-10,15-18H2,1-3H3/t22-/m1/s1. The quantitative estimate of drug-likeness (QED) is 0.426. The van der Waals surface area contributed by atoms with E-state index in [1.807, 2.05) is 30.3 Å². The normalized spacial score (nSPS) is 15.6. The van der Waals surface area contributed by atoms with E-state index < -0.39 is 20.0 Å². The van der Waals surface area contributed by atoms with Crippen molar-refractivity contribution < 1.29 is 21.6 Å². The number of hydrazine groups is 2. The third kappa shape index (κ3) is 8.29. The number of likely N-dealkylation sites (N-methyl/N-ethyl adjacent to an activating group) is 1. The number of anilines is 1. The summed E-state index contributed by atoms with van der Waals surface area (Å²) < 4.78 is 47.5. The van der Waals surface area contributed by atoms with E-state index in [9.17, 15) is 21.6 Å². The molecule has 1 fully saturated rings. The van der Waals surface area contributed by atoms with Gasteiger partial charge in [0.05, 0.1) is 30.7 Å². The highest BCUT2D eigenvalue weighted by atomic mass is 32.2. The molecule has 0 unspecified atom stereocenters. The van der Waals surface area contributed by atoms with Crippen LogP contribution in [0, 0.1) is 0 Å². The zero-order chi connectivity index (χ0) is 25.6. The second-order valence-corrected chi connectivity index (χ2v) is 12.3. The largest absolute Gasteiger partial charge is 0.337 e. The summed E-state index contributed by atoms with van der Waals surface area (Å²) in [7, 11) is -5.88. The van der Waals surface area contributed by atoms with E-state index >= 15 is 0 Å². The lowest BCUT2D eigenvalue weighted by atomic mass is 10.0. The maximum absolute atomic E-state index is 13.5. The SMILES string of the molecule is CN(C(=O)Cc1ccccc1N(NS(C)(=O)=O)NS(C)(=O)=O)[C@H](CN1CCCC1)c1ccccc1. The Hall–Kier alpha value is -2.51. The van der Waals surface area contributed by atoms with Crippen molar-refractivity contribution in [3.05, 3.63) is 65.7 Å². The Morgan fingerprint density at radius 2 is 1.46 bits per heavy atom. The number of carbonyl (C=O) groups is 1. The molecule has 35 heavy (non-hydrogen) atoms. The highest BCUT2D eigenvalue weighted by Crippen LogP contribution is 2.25. The lowest BCUT2D eigenvalue weighted by Crippen LogP contribution is -2.53. The first kappa shape index (κ1) is 27.1. The van der Waals surface area contributed by atoms with Gasteiger partial charge in [-0.2, -0.15) is 0 Å². The van der Waals surface area contributed by atoms with Gasteiger partial charge >= 0.3 is 0 Å². The Kier molecular flexibility index (Phi) is 8.89. The molecule has 0 bridgehead atoms. The minimum Gasteiger partial charge on any atom is -0.337 e. The van der Waals surface area contributed by atoms with E-state index in [2.05, 4.69) is 14.6 Å². The average molecular weight is 524 g/mol. The number of sulfonamides is 2. The molecule has 0 radical (unpaired) electrons. The Balaban J connectivity index is 1.87. The van der Waals surface area contributed by atoms with Gasteiger partial charge < -0.3 is 9.80 Å². The predicted octanol–water partition coefficient (Wildman–Crippen LogP) is 1.26. The fourth-order valence-corrected chi connectivity index (χ4v) is 5.13. The molecule has 1 amide bonds. The third-order valence-corrected chi connectivity index (χ3v) is 6.79. The van der Waals surface area contributed by atoms with Crippen molar-refractivity contribution in [1.29, 1.82) is 0 Å². The van der Waals surface area contributed by atoms with Crippen LogP contribution in [0.3, 0.4) is 0 Å². The third-order valence-electron chi connectivity index (χ3n) is 5.76. The summed E-state index contributed by atoms with van der Waals surface area (Å²) in [4.78, 5) is 21.8. The van der Waals surface area contributed by atoms with Crippen molar-refractivity contribution in [2.75, 3.05) is 44.3 Å². The molecular weight excluding hydrogens is 490 g/mol. The summed E-state index contributed by atoms with van der Waals surface area (Å²) in [6, 6.07) is 16.2. The van der Waals surface area contributed by atoms with Crippen molar-refractivity contribution >= 4 is 31.6 Å². The van der Waals surface area contributed by atoms with Crippen molar-refractivity contribution in [3.8, 4) is 0 Å². The minimum absolute atomic E-state index is 0.0522. The van der Waals surface area contributed by atoms with Gasteiger partial charge in [0.2, 0.25) is 26.0 Å². The summed E-state index contributed by atoms with van der Waals surface area (Å²) in [6.07, 6.45) is 4.05. The van der Waals surface area contributed by atoms with E-state index in [-0.39, 0.29) is 24.1 Å². The number of carbonyl (C=O) groups excluding carboxylic acids is 1. The van der Waals surface area contributed by atoms with Gasteiger partial charge in [-0.1, -0.05) is 48.5 Å². The molecule has 3 rings (SSSR count). The van der Waals surface area contributed by atoms with Gasteiger partial charge in [0, 0.05) is 13.6 Å². The van der Waals surface area contributed by atoms with Crippen LogP contribution in [0.15, 0.2) is 54.6 Å². The summed E-state index contributed by atoms with van der Waals surface area (Å²) >= 11 is 0. The number of benzene rings is 2. The number of amides is 1. The molecule has 0 aromatic heterocycles. The monoisotopic (exact) mass is 523 g/mol. The Morgan fingerprint density at radius 1 is 0.914 bits per heavy atom. The molecule has 1 heterocycles. The molecule has 192 valence electrons. The van der Waals surface area contributed by atoms with Crippen LogP contribution in [0.4, 0.5) is 5.69 Å². The van der Waals surface area contributed by atoms with Gasteiger partial charge in [0.15, 0.2) is 0 Å². The van der Waals surface area contributed by atoms with Crippen LogP contribution in [-0.2, 0) is 31.3 Å². The van der Waals surface area contributed by atoms with Crippen LogP contribution < -0.4 is 14.8 Å². The van der Waals surface area contributed by atoms with Crippen LogP contribution in [0.1, 0.15) is 30.0 Å². The smallest absolute Gasteiger partial charge is 0.227 e. The van der Waals surface area contributed by atoms with E-state index in [0.717, 1.165) is 49.1 Å². The molecule has 2 N–H and O–H groups in total.